The van der Waals surface area contributed by atoms with E-state index >= 15 is 0 Å². The average molecular weight is 231 g/mol. The molecule has 0 amide bonds. The highest BCUT2D eigenvalue weighted by Gasteiger charge is 2.06. The maximum atomic E-state index is 13.5. The van der Waals surface area contributed by atoms with E-state index < -0.39 is 5.82 Å². The van der Waals surface area contributed by atoms with Gasteiger partial charge in [-0.05, 0) is 36.0 Å². The van der Waals surface area contributed by atoms with Gasteiger partial charge in [0.15, 0.2) is 5.16 Å². The summed E-state index contributed by atoms with van der Waals surface area (Å²) in [5.41, 5.74) is 0.302. The first kappa shape index (κ1) is 10.6. The Morgan fingerprint density at radius 1 is 1.25 bits per heavy atom. The molecule has 0 radical (unpaired) electrons. The quantitative estimate of drug-likeness (QED) is 0.745. The maximum Gasteiger partial charge on any atom is 0.192 e. The number of benzene rings is 1. The molecule has 0 N–H and O–H groups in total. The van der Waals surface area contributed by atoms with Crippen LogP contribution >= 0.6 is 11.8 Å². The molecule has 0 unspecified atom stereocenters. The Morgan fingerprint density at radius 3 is 2.62 bits per heavy atom. The number of halogens is 1. The van der Waals surface area contributed by atoms with Gasteiger partial charge in [-0.3, -0.25) is 0 Å². The number of nitrogens with zero attached hydrogens (tertiary/aromatic N) is 3. The van der Waals surface area contributed by atoms with Crippen LogP contribution in [0.25, 0.3) is 0 Å². The predicted molar refractivity (Wildman–Crippen MR) is 57.3 cm³/mol. The van der Waals surface area contributed by atoms with Gasteiger partial charge in [0.1, 0.15) is 5.82 Å². The van der Waals surface area contributed by atoms with E-state index in [1.807, 2.05) is 6.07 Å². The summed E-state index contributed by atoms with van der Waals surface area (Å²) in [6.45, 7) is 0. The van der Waals surface area contributed by atoms with E-state index in [9.17, 15) is 4.39 Å². The first-order valence-corrected chi connectivity index (χ1v) is 5.26. The van der Waals surface area contributed by atoms with Crippen LogP contribution in [-0.2, 0) is 0 Å². The fourth-order valence-electron chi connectivity index (χ4n) is 1.09. The molecule has 0 aliphatic heterocycles. The zero-order chi connectivity index (χ0) is 11.4. The molecule has 3 nitrogen and oxygen atoms in total. The summed E-state index contributed by atoms with van der Waals surface area (Å²) in [5.74, 6) is -0.434. The van der Waals surface area contributed by atoms with Crippen molar-refractivity contribution in [3.63, 3.8) is 0 Å². The van der Waals surface area contributed by atoms with E-state index in [2.05, 4.69) is 9.97 Å². The van der Waals surface area contributed by atoms with Crippen molar-refractivity contribution < 1.29 is 4.39 Å². The highest BCUT2D eigenvalue weighted by atomic mass is 32.2. The highest BCUT2D eigenvalue weighted by Crippen LogP contribution is 2.27. The van der Waals surface area contributed by atoms with Crippen molar-refractivity contribution in [3.8, 4) is 6.07 Å². The number of rotatable bonds is 2. The van der Waals surface area contributed by atoms with Crippen LogP contribution in [-0.4, -0.2) is 9.97 Å². The van der Waals surface area contributed by atoms with Gasteiger partial charge in [-0.1, -0.05) is 0 Å². The summed E-state index contributed by atoms with van der Waals surface area (Å²) in [7, 11) is 0. The molecule has 2 aromatic rings. The smallest absolute Gasteiger partial charge is 0.192 e. The predicted octanol–water partition coefficient (Wildman–Crippen LogP) is 2.64. The van der Waals surface area contributed by atoms with Crippen molar-refractivity contribution in [1.29, 1.82) is 5.26 Å². The Bertz CT molecular complexity index is 537. The summed E-state index contributed by atoms with van der Waals surface area (Å²) >= 11 is 1.13. The van der Waals surface area contributed by atoms with E-state index in [0.29, 0.717) is 15.6 Å². The molecule has 0 bridgehead atoms. The van der Waals surface area contributed by atoms with E-state index in [-0.39, 0.29) is 0 Å². The van der Waals surface area contributed by atoms with Gasteiger partial charge in [0.2, 0.25) is 0 Å². The second-order valence-corrected chi connectivity index (χ2v) is 3.90. The van der Waals surface area contributed by atoms with Gasteiger partial charge in [-0.25, -0.2) is 14.4 Å². The van der Waals surface area contributed by atoms with E-state index in [4.69, 9.17) is 5.26 Å². The molecule has 0 saturated heterocycles. The first-order chi connectivity index (χ1) is 7.79. The van der Waals surface area contributed by atoms with E-state index in [0.717, 1.165) is 11.8 Å². The van der Waals surface area contributed by atoms with Crippen molar-refractivity contribution in [3.05, 3.63) is 48.0 Å². The molecule has 16 heavy (non-hydrogen) atoms. The summed E-state index contributed by atoms with van der Waals surface area (Å²) in [6, 6.07) is 7.89. The molecule has 0 aliphatic rings. The van der Waals surface area contributed by atoms with Crippen molar-refractivity contribution in [1.82, 2.24) is 9.97 Å². The first-order valence-electron chi connectivity index (χ1n) is 4.44. The van der Waals surface area contributed by atoms with Gasteiger partial charge in [-0.2, -0.15) is 5.26 Å². The molecule has 0 spiro atoms. The average Bonchev–Trinajstić information content (AvgIpc) is 2.33. The number of hydrogen-bond donors (Lipinski definition) is 0. The highest BCUT2D eigenvalue weighted by molar-refractivity contribution is 7.99. The molecular weight excluding hydrogens is 225 g/mol. The molecule has 2 rings (SSSR count). The lowest BCUT2D eigenvalue weighted by Gasteiger charge is -2.01. The van der Waals surface area contributed by atoms with Crippen LogP contribution in [0.15, 0.2) is 46.7 Å². The standard InChI is InChI=1S/C11H6FN3S/c12-9-6-8(7-13)2-3-10(9)16-11-14-4-1-5-15-11/h1-6H. The Balaban J connectivity index is 2.27. The minimum atomic E-state index is -0.434. The zero-order valence-corrected chi connectivity index (χ0v) is 8.91. The Labute approximate surface area is 96.0 Å². The van der Waals surface area contributed by atoms with Gasteiger partial charge in [0.05, 0.1) is 16.5 Å². The van der Waals surface area contributed by atoms with Gasteiger partial charge < -0.3 is 0 Å². The zero-order valence-electron chi connectivity index (χ0n) is 8.09. The van der Waals surface area contributed by atoms with Gasteiger partial charge in [0.25, 0.3) is 0 Å². The van der Waals surface area contributed by atoms with Crippen molar-refractivity contribution in [2.45, 2.75) is 10.1 Å². The van der Waals surface area contributed by atoms with Crippen molar-refractivity contribution in [2.24, 2.45) is 0 Å². The summed E-state index contributed by atoms with van der Waals surface area (Å²) < 4.78 is 13.5. The molecule has 0 saturated carbocycles. The Morgan fingerprint density at radius 2 is 2.00 bits per heavy atom. The van der Waals surface area contributed by atoms with Gasteiger partial charge in [0, 0.05) is 12.4 Å². The summed E-state index contributed by atoms with van der Waals surface area (Å²) in [6.07, 6.45) is 3.19. The normalized spacial score (nSPS) is 9.75. The molecule has 0 atom stereocenters. The van der Waals surface area contributed by atoms with Crippen LogP contribution in [0.5, 0.6) is 0 Å². The Kier molecular flexibility index (Phi) is 3.13. The largest absolute Gasteiger partial charge is 0.231 e. The fourth-order valence-corrected chi connectivity index (χ4v) is 1.81. The second kappa shape index (κ2) is 4.73. The third-order valence-electron chi connectivity index (χ3n) is 1.80. The summed E-state index contributed by atoms with van der Waals surface area (Å²) in [4.78, 5) is 8.36. The summed E-state index contributed by atoms with van der Waals surface area (Å²) in [5, 5.41) is 9.07. The minimum absolute atomic E-state index is 0.302. The molecule has 5 heteroatoms. The minimum Gasteiger partial charge on any atom is -0.231 e. The van der Waals surface area contributed by atoms with Gasteiger partial charge in [-0.15, -0.1) is 0 Å². The van der Waals surface area contributed by atoms with Crippen LogP contribution < -0.4 is 0 Å². The topological polar surface area (TPSA) is 49.6 Å². The lowest BCUT2D eigenvalue weighted by atomic mass is 10.2. The van der Waals surface area contributed by atoms with Crippen LogP contribution in [0.2, 0.25) is 0 Å². The third-order valence-corrected chi connectivity index (χ3v) is 2.75. The third kappa shape index (κ3) is 2.35. The second-order valence-electron chi connectivity index (χ2n) is 2.89. The maximum absolute atomic E-state index is 13.5. The molecule has 0 aliphatic carbocycles. The molecular formula is C11H6FN3S. The lowest BCUT2D eigenvalue weighted by Crippen LogP contribution is -1.87. The van der Waals surface area contributed by atoms with Crippen LogP contribution in [0.4, 0.5) is 4.39 Å². The molecule has 0 fully saturated rings. The molecule has 1 aromatic heterocycles. The molecule has 1 aromatic carbocycles. The number of aromatic nitrogens is 2. The molecule has 78 valence electrons. The Hall–Kier alpha value is -1.93. The number of nitriles is 1. The SMILES string of the molecule is N#Cc1ccc(Sc2ncccn2)c(F)c1. The van der Waals surface area contributed by atoms with Crippen molar-refractivity contribution in [2.75, 3.05) is 0 Å². The monoisotopic (exact) mass is 231 g/mol. The lowest BCUT2D eigenvalue weighted by molar-refractivity contribution is 0.601. The van der Waals surface area contributed by atoms with E-state index in [1.54, 1.807) is 30.6 Å². The van der Waals surface area contributed by atoms with Crippen molar-refractivity contribution >= 4 is 11.8 Å². The van der Waals surface area contributed by atoms with Crippen LogP contribution in [0.1, 0.15) is 5.56 Å². The van der Waals surface area contributed by atoms with Crippen LogP contribution in [0.3, 0.4) is 0 Å². The molecule has 1 heterocycles. The van der Waals surface area contributed by atoms with E-state index in [1.165, 1.54) is 6.07 Å². The number of hydrogen-bond acceptors (Lipinski definition) is 4. The van der Waals surface area contributed by atoms with Crippen LogP contribution in [0, 0.1) is 17.1 Å². The van der Waals surface area contributed by atoms with Gasteiger partial charge >= 0.3 is 0 Å². The fraction of sp³-hybridized carbons (Fsp3) is 0.